The lowest BCUT2D eigenvalue weighted by atomic mass is 9.76. The summed E-state index contributed by atoms with van der Waals surface area (Å²) in [7, 11) is -4.33. The molecule has 6 nitrogen and oxygen atoms in total. The Morgan fingerprint density at radius 3 is 2.07 bits per heavy atom. The SMILES string of the molecule is CC.Cc1cccc(S(=O)(=O)C23CCN(C(=O)C4CCCCC4)C2CCc2cc(C(F)(C(F)(F)F)C(F)(F)F)ccc23)c1.O=CO. The molecule has 0 spiro atoms. The van der Waals surface area contributed by atoms with Crippen LogP contribution in [0, 0.1) is 12.8 Å². The van der Waals surface area contributed by atoms with Gasteiger partial charge in [0.1, 0.15) is 4.75 Å². The maximum Gasteiger partial charge on any atom is 0.435 e. The van der Waals surface area contributed by atoms with Crippen LogP contribution in [0.4, 0.5) is 30.7 Å². The number of hydrogen-bond donors (Lipinski definition) is 1. The van der Waals surface area contributed by atoms with Crippen LogP contribution in [0.3, 0.4) is 0 Å². The van der Waals surface area contributed by atoms with Gasteiger partial charge in [-0.2, -0.15) is 26.3 Å². The van der Waals surface area contributed by atoms with Gasteiger partial charge in [-0.25, -0.2) is 12.8 Å². The van der Waals surface area contributed by atoms with Crippen LogP contribution in [0.15, 0.2) is 47.4 Å². The zero-order valence-electron chi connectivity index (χ0n) is 25.7. The monoisotopic (exact) mass is 681 g/mol. The number of nitrogens with zero attached hydrogens (tertiary/aromatic N) is 1. The fourth-order valence-electron chi connectivity index (χ4n) is 7.07. The number of amides is 1. The minimum absolute atomic E-state index is 0.00270. The molecule has 14 heteroatoms. The van der Waals surface area contributed by atoms with Crippen molar-refractivity contribution in [3.63, 3.8) is 0 Å². The standard InChI is InChI=1S/C29H30F7NO3S.C2H6.CH2O2/c1-18-6-5-9-22(16-18)41(39,40)26-14-15-37(25(38)19-7-3-2-4-8-19)24(26)13-10-20-17-21(11-12-23(20)26)27(30,28(31,32)33)29(34,35)36;1-2;2-1-3/h5-6,9,11-12,16-17,19,24H,2-4,7-8,10,13-15H2,1H3;1-2H3;1H,(H,2,3). The van der Waals surface area contributed by atoms with Crippen molar-refractivity contribution in [2.75, 3.05) is 6.54 Å². The number of halogens is 7. The van der Waals surface area contributed by atoms with Gasteiger partial charge < -0.3 is 10.0 Å². The molecule has 256 valence electrons. The lowest BCUT2D eigenvalue weighted by Gasteiger charge is -2.43. The molecule has 2 unspecified atom stereocenters. The highest BCUT2D eigenvalue weighted by Crippen LogP contribution is 2.57. The number of aryl methyl sites for hydroxylation is 2. The van der Waals surface area contributed by atoms with E-state index in [-0.39, 0.29) is 60.1 Å². The fraction of sp³-hybridized carbons (Fsp3) is 0.562. The maximum atomic E-state index is 15.0. The predicted molar refractivity (Wildman–Crippen MR) is 156 cm³/mol. The lowest BCUT2D eigenvalue weighted by molar-refractivity contribution is -0.348. The molecule has 0 aromatic heterocycles. The molecule has 1 amide bonds. The van der Waals surface area contributed by atoms with E-state index >= 15 is 0 Å². The van der Waals surface area contributed by atoms with Crippen molar-refractivity contribution < 1.29 is 53.8 Å². The van der Waals surface area contributed by atoms with E-state index < -0.39 is 44.2 Å². The zero-order chi connectivity index (χ0) is 34.7. The van der Waals surface area contributed by atoms with Gasteiger partial charge in [0.05, 0.1) is 10.9 Å². The van der Waals surface area contributed by atoms with Crippen LogP contribution in [0.5, 0.6) is 0 Å². The molecule has 3 aliphatic rings. The van der Waals surface area contributed by atoms with Crippen LogP contribution in [0.1, 0.15) is 81.0 Å². The van der Waals surface area contributed by atoms with Crippen LogP contribution < -0.4 is 0 Å². The second-order valence-electron chi connectivity index (χ2n) is 11.5. The van der Waals surface area contributed by atoms with Gasteiger partial charge in [-0.3, -0.25) is 9.59 Å². The van der Waals surface area contributed by atoms with Gasteiger partial charge in [0.2, 0.25) is 5.91 Å². The van der Waals surface area contributed by atoms with Crippen LogP contribution in [-0.4, -0.2) is 55.7 Å². The summed E-state index contributed by atoms with van der Waals surface area (Å²) in [5, 5.41) is 6.89. The van der Waals surface area contributed by atoms with Crippen LogP contribution >= 0.6 is 0 Å². The van der Waals surface area contributed by atoms with Gasteiger partial charge in [-0.1, -0.05) is 63.4 Å². The normalized spacial score (nSPS) is 22.0. The molecule has 1 saturated heterocycles. The lowest BCUT2D eigenvalue weighted by Crippen LogP contribution is -2.53. The highest BCUT2D eigenvalue weighted by Gasteiger charge is 2.74. The average Bonchev–Trinajstić information content (AvgIpc) is 3.42. The third-order valence-corrected chi connectivity index (χ3v) is 11.6. The number of carbonyl (C=O) groups excluding carboxylic acids is 1. The second-order valence-corrected chi connectivity index (χ2v) is 13.7. The quantitative estimate of drug-likeness (QED) is 0.263. The van der Waals surface area contributed by atoms with E-state index in [9.17, 15) is 43.9 Å². The summed E-state index contributed by atoms with van der Waals surface area (Å²) >= 11 is 0. The molecule has 2 atom stereocenters. The summed E-state index contributed by atoms with van der Waals surface area (Å²) in [6.45, 7) is 5.52. The van der Waals surface area contributed by atoms with E-state index in [2.05, 4.69) is 0 Å². The van der Waals surface area contributed by atoms with Gasteiger partial charge in [0.15, 0.2) is 9.84 Å². The molecular formula is C32H38F7NO5S. The van der Waals surface area contributed by atoms with Crippen molar-refractivity contribution in [2.24, 2.45) is 5.92 Å². The largest absolute Gasteiger partial charge is 0.483 e. The Labute approximate surface area is 263 Å². The van der Waals surface area contributed by atoms with Crippen molar-refractivity contribution >= 4 is 22.2 Å². The summed E-state index contributed by atoms with van der Waals surface area (Å²) in [5.41, 5.74) is -6.73. The second kappa shape index (κ2) is 13.9. The molecule has 1 aliphatic heterocycles. The first-order valence-corrected chi connectivity index (χ1v) is 16.6. The van der Waals surface area contributed by atoms with Gasteiger partial charge in [0.25, 0.3) is 6.47 Å². The number of hydrogen-bond acceptors (Lipinski definition) is 4. The third kappa shape index (κ3) is 6.25. The first kappa shape index (κ1) is 37.3. The number of sulfone groups is 1. The number of fused-ring (bicyclic) bond motifs is 3. The molecule has 2 fully saturated rings. The number of rotatable bonds is 4. The Morgan fingerprint density at radius 1 is 0.935 bits per heavy atom. The Balaban J connectivity index is 0.00000109. The van der Waals surface area contributed by atoms with Crippen LogP contribution in [-0.2, 0) is 36.3 Å². The minimum Gasteiger partial charge on any atom is -0.483 e. The Hall–Kier alpha value is -3.16. The smallest absolute Gasteiger partial charge is 0.435 e. The third-order valence-electron chi connectivity index (χ3n) is 9.08. The number of alkyl halides is 7. The van der Waals surface area contributed by atoms with Crippen molar-refractivity contribution in [2.45, 2.75) is 106 Å². The molecule has 0 bridgehead atoms. The van der Waals surface area contributed by atoms with Gasteiger partial charge in [-0.05, 0) is 67.9 Å². The average molecular weight is 682 g/mol. The Bertz CT molecular complexity index is 1490. The Morgan fingerprint density at radius 2 is 1.52 bits per heavy atom. The molecule has 2 aromatic carbocycles. The van der Waals surface area contributed by atoms with Crippen molar-refractivity contribution in [1.29, 1.82) is 0 Å². The summed E-state index contributed by atoms with van der Waals surface area (Å²) in [6, 6.07) is 7.00. The summed E-state index contributed by atoms with van der Waals surface area (Å²) in [6.07, 6.45) is -8.69. The topological polar surface area (TPSA) is 91.8 Å². The van der Waals surface area contributed by atoms with Crippen molar-refractivity contribution in [3.8, 4) is 0 Å². The summed E-state index contributed by atoms with van der Waals surface area (Å²) in [5.74, 6) is -0.441. The van der Waals surface area contributed by atoms with Gasteiger partial charge in [0, 0.05) is 18.0 Å². The zero-order valence-corrected chi connectivity index (χ0v) is 26.5. The first-order chi connectivity index (χ1) is 21.5. The van der Waals surface area contributed by atoms with Crippen molar-refractivity contribution in [3.05, 3.63) is 64.7 Å². The van der Waals surface area contributed by atoms with Crippen LogP contribution in [0.25, 0.3) is 0 Å². The molecule has 1 heterocycles. The molecule has 2 aromatic rings. The van der Waals surface area contributed by atoms with E-state index in [1.807, 2.05) is 13.8 Å². The molecule has 46 heavy (non-hydrogen) atoms. The van der Waals surface area contributed by atoms with E-state index in [1.54, 1.807) is 24.0 Å². The molecule has 2 aliphatic carbocycles. The number of likely N-dealkylation sites (tertiary alicyclic amines) is 1. The van der Waals surface area contributed by atoms with Crippen LogP contribution in [0.2, 0.25) is 0 Å². The highest BCUT2D eigenvalue weighted by atomic mass is 32.2. The molecule has 1 N–H and O–H groups in total. The summed E-state index contributed by atoms with van der Waals surface area (Å²) in [4.78, 5) is 23.5. The molecule has 1 saturated carbocycles. The minimum atomic E-state index is -6.29. The van der Waals surface area contributed by atoms with Gasteiger partial charge >= 0.3 is 18.0 Å². The molecular weight excluding hydrogens is 643 g/mol. The number of carboxylic acid groups (broad SMARTS) is 1. The fourth-order valence-corrected chi connectivity index (χ4v) is 9.54. The van der Waals surface area contributed by atoms with E-state index in [0.29, 0.717) is 30.5 Å². The molecule has 5 rings (SSSR count). The van der Waals surface area contributed by atoms with Gasteiger partial charge in [-0.15, -0.1) is 0 Å². The van der Waals surface area contributed by atoms with E-state index in [0.717, 1.165) is 25.3 Å². The number of carbonyl (C=O) groups is 2. The summed E-state index contributed by atoms with van der Waals surface area (Å²) < 4.78 is 123. The molecule has 0 radical (unpaired) electrons. The predicted octanol–water partition coefficient (Wildman–Crippen LogP) is 7.81. The highest BCUT2D eigenvalue weighted by molar-refractivity contribution is 7.92. The Kier molecular flexibility index (Phi) is 11.3. The van der Waals surface area contributed by atoms with E-state index in [4.69, 9.17) is 9.90 Å². The first-order valence-electron chi connectivity index (χ1n) is 15.1. The van der Waals surface area contributed by atoms with E-state index in [1.165, 1.54) is 12.1 Å². The van der Waals surface area contributed by atoms with Crippen molar-refractivity contribution in [1.82, 2.24) is 4.90 Å². The maximum absolute atomic E-state index is 15.0. The number of benzene rings is 2.